The molecule has 180 valence electrons. The highest BCUT2D eigenvalue weighted by Gasteiger charge is 2.43. The van der Waals surface area contributed by atoms with E-state index >= 15 is 0 Å². The summed E-state index contributed by atoms with van der Waals surface area (Å²) in [6, 6.07) is 13.9. The van der Waals surface area contributed by atoms with Gasteiger partial charge in [-0.1, -0.05) is 58.8 Å². The summed E-state index contributed by atoms with van der Waals surface area (Å²) >= 11 is 0. The molecule has 0 saturated heterocycles. The van der Waals surface area contributed by atoms with E-state index in [1.54, 1.807) is 18.2 Å². The molecule has 1 unspecified atom stereocenters. The largest absolute Gasteiger partial charge is 0.422 e. The van der Waals surface area contributed by atoms with Crippen LogP contribution >= 0.6 is 0 Å². The number of rotatable bonds is 6. The number of hydrogen-bond acceptors (Lipinski definition) is 6. The molecule has 35 heavy (non-hydrogen) atoms. The second kappa shape index (κ2) is 8.58. The molecule has 2 aromatic heterocycles. The summed E-state index contributed by atoms with van der Waals surface area (Å²) in [5.41, 5.74) is 7.85. The van der Waals surface area contributed by atoms with Gasteiger partial charge in [-0.15, -0.1) is 0 Å². The van der Waals surface area contributed by atoms with Crippen molar-refractivity contribution in [3.8, 4) is 34.0 Å². The van der Waals surface area contributed by atoms with Crippen LogP contribution < -0.4 is 5.73 Å². The van der Waals surface area contributed by atoms with Crippen molar-refractivity contribution in [1.82, 2.24) is 10.3 Å². The van der Waals surface area contributed by atoms with Gasteiger partial charge in [0.05, 0.1) is 6.92 Å². The zero-order chi connectivity index (χ0) is 24.8. The molecule has 5 rings (SSSR count). The van der Waals surface area contributed by atoms with E-state index in [1.165, 1.54) is 12.1 Å². The van der Waals surface area contributed by atoms with Gasteiger partial charge in [-0.25, -0.2) is 0 Å². The molecule has 2 heterocycles. The predicted molar refractivity (Wildman–Crippen MR) is 123 cm³/mol. The van der Waals surface area contributed by atoms with Crippen molar-refractivity contribution in [2.45, 2.75) is 37.4 Å². The van der Waals surface area contributed by atoms with Crippen molar-refractivity contribution in [2.24, 2.45) is 5.73 Å². The molecular formula is C26H23F3N3O3+. The van der Waals surface area contributed by atoms with Gasteiger partial charge in [0.25, 0.3) is 0 Å². The molecule has 1 aliphatic carbocycles. The van der Waals surface area contributed by atoms with Crippen molar-refractivity contribution < 1.29 is 27.3 Å². The van der Waals surface area contributed by atoms with Gasteiger partial charge in [0, 0.05) is 23.1 Å². The fourth-order valence-electron chi connectivity index (χ4n) is 4.41. The first-order valence-electron chi connectivity index (χ1n) is 11.2. The number of halogens is 3. The summed E-state index contributed by atoms with van der Waals surface area (Å²) < 4.78 is 53.0. The summed E-state index contributed by atoms with van der Waals surface area (Å²) in [5, 5.41) is 17.2. The molecule has 6 nitrogen and oxygen atoms in total. The minimum atomic E-state index is -4.71. The average Bonchev–Trinajstić information content (AvgIpc) is 3.47. The minimum Gasteiger partial charge on any atom is -0.390 e. The SMILES string of the molecule is [CH2+]C(N)(CO)CCc1ccc2c(c1)CCc1c-2noc1-c1noc(-c2ccccc2)c1C(F)(F)F. The highest BCUT2D eigenvalue weighted by Crippen LogP contribution is 2.46. The van der Waals surface area contributed by atoms with Gasteiger partial charge < -0.3 is 14.2 Å². The predicted octanol–water partition coefficient (Wildman–Crippen LogP) is 5.24. The Kier molecular flexibility index (Phi) is 5.69. The molecule has 0 saturated carbocycles. The van der Waals surface area contributed by atoms with Crippen LogP contribution in [0.25, 0.3) is 34.0 Å². The first kappa shape index (κ1) is 23.2. The van der Waals surface area contributed by atoms with Gasteiger partial charge >= 0.3 is 6.18 Å². The van der Waals surface area contributed by atoms with E-state index in [1.807, 2.05) is 18.2 Å². The molecule has 0 aliphatic heterocycles. The van der Waals surface area contributed by atoms with Gasteiger partial charge in [0.2, 0.25) is 0 Å². The Balaban J connectivity index is 1.52. The van der Waals surface area contributed by atoms with Crippen LogP contribution in [-0.4, -0.2) is 27.6 Å². The fraction of sp³-hybridized carbons (Fsp3) is 0.269. The second-order valence-electron chi connectivity index (χ2n) is 8.95. The maximum atomic E-state index is 14.1. The Hall–Kier alpha value is -3.56. The summed E-state index contributed by atoms with van der Waals surface area (Å²) in [7, 11) is 0. The lowest BCUT2D eigenvalue weighted by molar-refractivity contribution is -0.136. The van der Waals surface area contributed by atoms with Gasteiger partial charge in [0.15, 0.2) is 22.8 Å². The van der Waals surface area contributed by atoms with E-state index in [-0.39, 0.29) is 23.7 Å². The normalized spacial score (nSPS) is 14.9. The Morgan fingerprint density at radius 2 is 1.69 bits per heavy atom. The van der Waals surface area contributed by atoms with E-state index < -0.39 is 23.0 Å². The molecule has 4 aromatic rings. The smallest absolute Gasteiger partial charge is 0.390 e. The van der Waals surface area contributed by atoms with Gasteiger partial charge in [-0.2, -0.15) is 13.2 Å². The van der Waals surface area contributed by atoms with Crippen LogP contribution in [0.15, 0.2) is 57.6 Å². The summed E-state index contributed by atoms with van der Waals surface area (Å²) in [4.78, 5) is 0. The zero-order valence-electron chi connectivity index (χ0n) is 18.7. The number of aromatic nitrogens is 2. The highest BCUT2D eigenvalue weighted by atomic mass is 19.4. The standard InChI is InChI=1S/C26H23F3N3O3/c1-25(30,14-33)12-11-15-7-9-18-17(13-15)8-10-19-21(18)31-35-24(19)22-20(26(27,28)29)23(34-32-22)16-5-3-2-4-6-16/h2-7,9,13,33H,1,8,10-12,14,30H2/q+1. The Morgan fingerprint density at radius 1 is 0.971 bits per heavy atom. The molecule has 0 radical (unpaired) electrons. The van der Waals surface area contributed by atoms with E-state index in [4.69, 9.17) is 14.8 Å². The van der Waals surface area contributed by atoms with E-state index in [0.717, 1.165) is 16.7 Å². The minimum absolute atomic E-state index is 0.0269. The van der Waals surface area contributed by atoms with Crippen LogP contribution in [0.1, 0.15) is 28.7 Å². The van der Waals surface area contributed by atoms with Crippen LogP contribution in [-0.2, 0) is 25.4 Å². The molecular weight excluding hydrogens is 459 g/mol. The first-order valence-corrected chi connectivity index (χ1v) is 11.2. The molecule has 1 atom stereocenters. The van der Waals surface area contributed by atoms with Crippen molar-refractivity contribution in [3.05, 3.63) is 77.7 Å². The first-order chi connectivity index (χ1) is 16.7. The topological polar surface area (TPSA) is 98.3 Å². The number of aliphatic hydroxyl groups excluding tert-OH is 1. The molecule has 3 N–H and O–H groups in total. The number of benzene rings is 2. The summed E-state index contributed by atoms with van der Waals surface area (Å²) in [6.45, 7) is 3.60. The number of aryl methyl sites for hydroxylation is 2. The van der Waals surface area contributed by atoms with Crippen molar-refractivity contribution >= 4 is 0 Å². The lowest BCUT2D eigenvalue weighted by Crippen LogP contribution is -2.40. The van der Waals surface area contributed by atoms with Crippen molar-refractivity contribution in [3.63, 3.8) is 0 Å². The molecule has 0 fully saturated rings. The Bertz CT molecular complexity index is 1360. The third kappa shape index (κ3) is 4.33. The van der Waals surface area contributed by atoms with Crippen LogP contribution in [0, 0.1) is 6.92 Å². The van der Waals surface area contributed by atoms with Gasteiger partial charge in [-0.3, -0.25) is 5.73 Å². The molecule has 0 amide bonds. The number of hydrogen-bond donors (Lipinski definition) is 2. The molecule has 2 aromatic carbocycles. The quantitative estimate of drug-likeness (QED) is 0.365. The third-order valence-electron chi connectivity index (χ3n) is 6.31. The molecule has 0 bridgehead atoms. The van der Waals surface area contributed by atoms with Gasteiger partial charge in [0.1, 0.15) is 17.9 Å². The number of aliphatic hydroxyl groups is 1. The van der Waals surface area contributed by atoms with Crippen molar-refractivity contribution in [2.75, 3.05) is 6.61 Å². The number of alkyl halides is 3. The lowest BCUT2D eigenvalue weighted by Gasteiger charge is -2.18. The molecule has 1 aliphatic rings. The Labute approximate surface area is 199 Å². The van der Waals surface area contributed by atoms with E-state index in [2.05, 4.69) is 17.2 Å². The summed E-state index contributed by atoms with van der Waals surface area (Å²) in [6.07, 6.45) is -2.50. The zero-order valence-corrected chi connectivity index (χ0v) is 18.7. The monoisotopic (exact) mass is 482 g/mol. The van der Waals surface area contributed by atoms with Crippen molar-refractivity contribution in [1.29, 1.82) is 0 Å². The van der Waals surface area contributed by atoms with Crippen LogP contribution in [0.5, 0.6) is 0 Å². The van der Waals surface area contributed by atoms with E-state index in [0.29, 0.717) is 36.9 Å². The van der Waals surface area contributed by atoms with Gasteiger partial charge in [-0.05, 0) is 30.4 Å². The maximum Gasteiger partial charge on any atom is 0.422 e. The summed E-state index contributed by atoms with van der Waals surface area (Å²) in [5.74, 6) is -0.385. The number of nitrogens with two attached hydrogens (primary N) is 1. The third-order valence-corrected chi connectivity index (χ3v) is 6.31. The average molecular weight is 482 g/mol. The number of fused-ring (bicyclic) bond motifs is 3. The Morgan fingerprint density at radius 3 is 2.40 bits per heavy atom. The number of nitrogens with zero attached hydrogens (tertiary/aromatic N) is 2. The lowest BCUT2D eigenvalue weighted by atomic mass is 9.86. The van der Waals surface area contributed by atoms with Crippen LogP contribution in [0.3, 0.4) is 0 Å². The highest BCUT2D eigenvalue weighted by molar-refractivity contribution is 5.79. The maximum absolute atomic E-state index is 14.1. The second-order valence-corrected chi connectivity index (χ2v) is 8.95. The molecule has 9 heteroatoms. The van der Waals surface area contributed by atoms with E-state index in [9.17, 15) is 18.3 Å². The molecule has 0 spiro atoms. The van der Waals surface area contributed by atoms with Crippen LogP contribution in [0.2, 0.25) is 0 Å². The fourth-order valence-corrected chi connectivity index (χ4v) is 4.41. The van der Waals surface area contributed by atoms with Crippen LogP contribution in [0.4, 0.5) is 13.2 Å².